The fourth-order valence-electron chi connectivity index (χ4n) is 2.08. The lowest BCUT2D eigenvalue weighted by atomic mass is 9.82. The van der Waals surface area contributed by atoms with Gasteiger partial charge in [-0.2, -0.15) is 0 Å². The Bertz CT molecular complexity index is 88.7. The summed E-state index contributed by atoms with van der Waals surface area (Å²) in [5, 5.41) is 3.34. The molecule has 0 amide bonds. The summed E-state index contributed by atoms with van der Waals surface area (Å²) in [6.07, 6.45) is 5.84. The fourth-order valence-corrected chi connectivity index (χ4v) is 2.08. The van der Waals surface area contributed by atoms with E-state index >= 15 is 0 Å². The monoisotopic (exact) mass is 124 g/mol. The molecule has 51 valence electrons. The molecule has 0 aromatic carbocycles. The van der Waals surface area contributed by atoms with Crippen LogP contribution in [0.3, 0.4) is 0 Å². The van der Waals surface area contributed by atoms with Crippen LogP contribution in [0.1, 0.15) is 25.7 Å². The minimum absolute atomic E-state index is 0.929. The number of rotatable bonds is 0. The topological polar surface area (TPSA) is 12.0 Å². The van der Waals surface area contributed by atoms with Crippen LogP contribution in [-0.2, 0) is 0 Å². The third kappa shape index (κ3) is 0.983. The lowest BCUT2D eigenvalue weighted by Crippen LogP contribution is -2.15. The predicted molar refractivity (Wildman–Crippen MR) is 37.8 cm³/mol. The number of hydrogen-bond donors (Lipinski definition) is 1. The van der Waals surface area contributed by atoms with Gasteiger partial charge in [0.15, 0.2) is 0 Å². The highest BCUT2D eigenvalue weighted by molar-refractivity contribution is 4.91. The van der Waals surface area contributed by atoms with E-state index in [1.165, 1.54) is 32.2 Å². The van der Waals surface area contributed by atoms with Gasteiger partial charge in [-0.25, -0.2) is 0 Å². The van der Waals surface area contributed by atoms with E-state index in [1.54, 1.807) is 0 Å². The summed E-state index contributed by atoms with van der Waals surface area (Å²) in [6, 6.07) is 0. The van der Waals surface area contributed by atoms with Crippen molar-refractivity contribution in [1.82, 2.24) is 5.32 Å². The number of hydrogen-bond acceptors (Lipinski definition) is 1. The van der Waals surface area contributed by atoms with Crippen molar-refractivity contribution in [3.05, 3.63) is 6.54 Å². The van der Waals surface area contributed by atoms with Crippen molar-refractivity contribution in [3.63, 3.8) is 0 Å². The van der Waals surface area contributed by atoms with Crippen LogP contribution in [0.5, 0.6) is 0 Å². The maximum absolute atomic E-state index is 3.34. The summed E-state index contributed by atoms with van der Waals surface area (Å²) in [5.74, 6) is 1.93. The predicted octanol–water partition coefficient (Wildman–Crippen LogP) is 1.56. The van der Waals surface area contributed by atoms with Gasteiger partial charge < -0.3 is 5.32 Å². The van der Waals surface area contributed by atoms with Gasteiger partial charge in [0.05, 0.1) is 0 Å². The molecule has 1 saturated carbocycles. The van der Waals surface area contributed by atoms with E-state index in [-0.39, 0.29) is 0 Å². The Morgan fingerprint density at radius 2 is 2.11 bits per heavy atom. The summed E-state index contributed by atoms with van der Waals surface area (Å²) in [7, 11) is 0. The highest BCUT2D eigenvalue weighted by atomic mass is 14.9. The van der Waals surface area contributed by atoms with Gasteiger partial charge in [-0.3, -0.25) is 0 Å². The SMILES string of the molecule is [CH]1NC[C@@H]2CCCC[C@H]12. The molecule has 1 nitrogen and oxygen atoms in total. The molecule has 1 saturated heterocycles. The highest BCUT2D eigenvalue weighted by Gasteiger charge is 2.28. The standard InChI is InChI=1S/C8H14N/c1-2-4-8-6-9-5-7(8)3-1/h5,7-9H,1-4,6H2/t7-,8+/m1/s1. The second-order valence-electron chi connectivity index (χ2n) is 3.28. The smallest absolute Gasteiger partial charge is 0.0255 e. The zero-order chi connectivity index (χ0) is 6.10. The third-order valence-electron chi connectivity index (χ3n) is 2.68. The molecule has 1 radical (unpaired) electrons. The molecule has 1 heterocycles. The highest BCUT2D eigenvalue weighted by Crippen LogP contribution is 2.33. The van der Waals surface area contributed by atoms with E-state index < -0.39 is 0 Å². The first-order chi connectivity index (χ1) is 4.47. The maximum Gasteiger partial charge on any atom is 0.0255 e. The molecule has 0 spiro atoms. The second kappa shape index (κ2) is 2.30. The molecular weight excluding hydrogens is 110 g/mol. The molecule has 1 heteroatoms. The van der Waals surface area contributed by atoms with Gasteiger partial charge in [0.1, 0.15) is 0 Å². The average Bonchev–Trinajstić information content (AvgIpc) is 2.33. The van der Waals surface area contributed by atoms with Gasteiger partial charge in [-0.1, -0.05) is 12.8 Å². The zero-order valence-corrected chi connectivity index (χ0v) is 5.77. The minimum atomic E-state index is 0.929. The molecule has 1 aliphatic carbocycles. The Labute approximate surface area is 56.8 Å². The largest absolute Gasteiger partial charge is 0.312 e. The first-order valence-corrected chi connectivity index (χ1v) is 4.03. The van der Waals surface area contributed by atoms with Crippen molar-refractivity contribution < 1.29 is 0 Å². The van der Waals surface area contributed by atoms with Crippen molar-refractivity contribution in [2.75, 3.05) is 6.54 Å². The lowest BCUT2D eigenvalue weighted by Gasteiger charge is -2.22. The molecule has 1 aliphatic heterocycles. The molecule has 0 aromatic heterocycles. The summed E-state index contributed by atoms with van der Waals surface area (Å²) in [5.41, 5.74) is 0. The normalized spacial score (nSPS) is 42.7. The van der Waals surface area contributed by atoms with E-state index in [2.05, 4.69) is 11.9 Å². The summed E-state index contributed by atoms with van der Waals surface area (Å²) in [4.78, 5) is 0. The van der Waals surface area contributed by atoms with E-state index in [0.717, 1.165) is 11.8 Å². The van der Waals surface area contributed by atoms with E-state index in [0.29, 0.717) is 0 Å². The van der Waals surface area contributed by atoms with E-state index in [4.69, 9.17) is 0 Å². The van der Waals surface area contributed by atoms with Gasteiger partial charge >= 0.3 is 0 Å². The van der Waals surface area contributed by atoms with Gasteiger partial charge in [0.2, 0.25) is 0 Å². The second-order valence-corrected chi connectivity index (χ2v) is 3.28. The number of fused-ring (bicyclic) bond motifs is 1. The average molecular weight is 124 g/mol. The van der Waals surface area contributed by atoms with Crippen LogP contribution in [0.15, 0.2) is 0 Å². The molecule has 0 bridgehead atoms. The fraction of sp³-hybridized carbons (Fsp3) is 0.875. The number of nitrogens with one attached hydrogen (secondary N) is 1. The molecule has 0 aromatic rings. The Morgan fingerprint density at radius 3 is 3.00 bits per heavy atom. The quantitative estimate of drug-likeness (QED) is 0.516. The Hall–Kier alpha value is -0.0400. The molecule has 9 heavy (non-hydrogen) atoms. The van der Waals surface area contributed by atoms with Gasteiger partial charge in [0, 0.05) is 6.54 Å². The maximum atomic E-state index is 3.34. The minimum Gasteiger partial charge on any atom is -0.312 e. The van der Waals surface area contributed by atoms with Crippen LogP contribution >= 0.6 is 0 Å². The molecule has 2 atom stereocenters. The molecule has 2 rings (SSSR count). The van der Waals surface area contributed by atoms with Gasteiger partial charge in [-0.15, -0.1) is 0 Å². The molecule has 1 N–H and O–H groups in total. The van der Waals surface area contributed by atoms with Gasteiger partial charge in [0.25, 0.3) is 0 Å². The Kier molecular flexibility index (Phi) is 1.46. The Morgan fingerprint density at radius 1 is 1.22 bits per heavy atom. The first kappa shape index (κ1) is 5.72. The summed E-state index contributed by atoms with van der Waals surface area (Å²) >= 11 is 0. The van der Waals surface area contributed by atoms with Gasteiger partial charge in [-0.05, 0) is 31.2 Å². The molecule has 0 unspecified atom stereocenters. The van der Waals surface area contributed by atoms with Crippen LogP contribution < -0.4 is 5.32 Å². The molecule has 2 aliphatic rings. The van der Waals surface area contributed by atoms with Crippen molar-refractivity contribution in [1.29, 1.82) is 0 Å². The van der Waals surface area contributed by atoms with E-state index in [9.17, 15) is 0 Å². The van der Waals surface area contributed by atoms with Crippen molar-refractivity contribution >= 4 is 0 Å². The van der Waals surface area contributed by atoms with Crippen LogP contribution in [-0.4, -0.2) is 6.54 Å². The van der Waals surface area contributed by atoms with Crippen molar-refractivity contribution in [2.45, 2.75) is 25.7 Å². The van der Waals surface area contributed by atoms with Crippen LogP contribution in [0.2, 0.25) is 0 Å². The summed E-state index contributed by atoms with van der Waals surface area (Å²) in [6.45, 7) is 3.56. The third-order valence-corrected chi connectivity index (χ3v) is 2.68. The zero-order valence-electron chi connectivity index (χ0n) is 5.77. The molecule has 2 fully saturated rings. The summed E-state index contributed by atoms with van der Waals surface area (Å²) < 4.78 is 0. The molecular formula is C8H14N. The van der Waals surface area contributed by atoms with Crippen molar-refractivity contribution in [3.8, 4) is 0 Å². The lowest BCUT2D eigenvalue weighted by molar-refractivity contribution is 0.314. The first-order valence-electron chi connectivity index (χ1n) is 4.03. The van der Waals surface area contributed by atoms with Crippen LogP contribution in [0.4, 0.5) is 0 Å². The van der Waals surface area contributed by atoms with Crippen molar-refractivity contribution in [2.24, 2.45) is 11.8 Å². The van der Waals surface area contributed by atoms with Crippen LogP contribution in [0, 0.1) is 18.4 Å². The Balaban J connectivity index is 1.97. The van der Waals surface area contributed by atoms with E-state index in [1.807, 2.05) is 0 Å². The van der Waals surface area contributed by atoms with Crippen LogP contribution in [0.25, 0.3) is 0 Å².